The first-order valence-electron chi connectivity index (χ1n) is 3.59. The first-order valence-corrected chi connectivity index (χ1v) is 3.59. The second kappa shape index (κ2) is 3.71. The van der Waals surface area contributed by atoms with Gasteiger partial charge in [-0.1, -0.05) is 6.08 Å². The van der Waals surface area contributed by atoms with E-state index in [0.717, 1.165) is 0 Å². The third kappa shape index (κ3) is 1.95. The molecule has 0 radical (unpaired) electrons. The molecule has 0 spiro atoms. The van der Waals surface area contributed by atoms with Crippen molar-refractivity contribution >= 4 is 5.97 Å². The molecule has 4 nitrogen and oxygen atoms in total. The summed E-state index contributed by atoms with van der Waals surface area (Å²) in [7, 11) is 0. The Bertz CT molecular complexity index is 288. The molecule has 1 aromatic rings. The zero-order chi connectivity index (χ0) is 8.97. The third-order valence-electron chi connectivity index (χ3n) is 1.43. The predicted octanol–water partition coefficient (Wildman–Crippen LogP) is 1.28. The van der Waals surface area contributed by atoms with Gasteiger partial charge in [-0.05, 0) is 13.8 Å². The van der Waals surface area contributed by atoms with E-state index in [0.29, 0.717) is 11.5 Å². The molecule has 0 saturated carbocycles. The van der Waals surface area contributed by atoms with Gasteiger partial charge in [0.15, 0.2) is 0 Å². The van der Waals surface area contributed by atoms with Gasteiger partial charge in [-0.25, -0.2) is 4.79 Å². The van der Waals surface area contributed by atoms with Crippen molar-refractivity contribution in [2.45, 2.75) is 13.8 Å². The fraction of sp³-hybridized carbons (Fsp3) is 0.250. The van der Waals surface area contributed by atoms with E-state index in [1.165, 1.54) is 0 Å². The molecule has 0 aliphatic heterocycles. The number of rotatable bonds is 2. The maximum atomic E-state index is 11.1. The number of carbonyl (C=O) groups excluding carboxylic acids is 1. The lowest BCUT2D eigenvalue weighted by Gasteiger charge is -1.98. The molecule has 0 aliphatic rings. The largest absolute Gasteiger partial charge is 0.402 e. The summed E-state index contributed by atoms with van der Waals surface area (Å²) in [6, 6.07) is 1.58. The van der Waals surface area contributed by atoms with E-state index in [-0.39, 0.29) is 5.97 Å². The summed E-state index contributed by atoms with van der Waals surface area (Å²) in [4.78, 5) is 11.1. The molecule has 0 saturated heterocycles. The van der Waals surface area contributed by atoms with Crippen LogP contribution >= 0.6 is 0 Å². The first kappa shape index (κ1) is 8.52. The Morgan fingerprint density at radius 2 is 2.50 bits per heavy atom. The van der Waals surface area contributed by atoms with Crippen LogP contribution in [-0.4, -0.2) is 16.2 Å². The highest BCUT2D eigenvalue weighted by molar-refractivity contribution is 5.89. The van der Waals surface area contributed by atoms with Gasteiger partial charge >= 0.3 is 5.97 Å². The molecule has 1 N–H and O–H groups in total. The van der Waals surface area contributed by atoms with Crippen molar-refractivity contribution in [2.75, 3.05) is 0 Å². The lowest BCUT2D eigenvalue weighted by atomic mass is 10.3. The highest BCUT2D eigenvalue weighted by atomic mass is 16.5. The first-order chi connectivity index (χ1) is 5.74. The van der Waals surface area contributed by atoms with Crippen molar-refractivity contribution in [1.82, 2.24) is 10.2 Å². The van der Waals surface area contributed by atoms with Crippen LogP contribution in [0.2, 0.25) is 0 Å². The van der Waals surface area contributed by atoms with Gasteiger partial charge in [0.25, 0.3) is 0 Å². The summed E-state index contributed by atoms with van der Waals surface area (Å²) in [6.45, 7) is 3.47. The molecule has 64 valence electrons. The Balaban J connectivity index is 2.59. The molecule has 1 heterocycles. The average molecular weight is 166 g/mol. The van der Waals surface area contributed by atoms with Gasteiger partial charge in [-0.2, -0.15) is 0 Å². The molecule has 0 aromatic carbocycles. The number of allylic oxidation sites excluding steroid dienone is 1. The smallest absolute Gasteiger partial charge is 0.340 e. The van der Waals surface area contributed by atoms with Crippen molar-refractivity contribution < 1.29 is 9.53 Å². The number of nitrogens with one attached hydrogen (secondary N) is 1. The molecule has 0 unspecified atom stereocenters. The van der Waals surface area contributed by atoms with E-state index in [1.807, 2.05) is 0 Å². The van der Waals surface area contributed by atoms with Crippen molar-refractivity contribution in [3.63, 3.8) is 0 Å². The number of aromatic nitrogens is 2. The molecule has 0 bridgehead atoms. The molecule has 1 aromatic heterocycles. The van der Waals surface area contributed by atoms with Gasteiger partial charge in [0, 0.05) is 17.8 Å². The van der Waals surface area contributed by atoms with E-state index in [4.69, 9.17) is 4.74 Å². The number of nitrogens with zero attached hydrogens (tertiary/aromatic N) is 1. The van der Waals surface area contributed by atoms with Crippen LogP contribution in [0.4, 0.5) is 0 Å². The maximum absolute atomic E-state index is 11.1. The molecular formula is C8H10N2O2. The van der Waals surface area contributed by atoms with E-state index in [2.05, 4.69) is 10.2 Å². The van der Waals surface area contributed by atoms with E-state index in [9.17, 15) is 4.79 Å². The second-order valence-corrected chi connectivity index (χ2v) is 2.27. The van der Waals surface area contributed by atoms with Crippen LogP contribution in [0.3, 0.4) is 0 Å². The van der Waals surface area contributed by atoms with Crippen LogP contribution < -0.4 is 4.74 Å². The molecule has 1 rings (SSSR count). The molecule has 0 atom stereocenters. The monoisotopic (exact) mass is 166 g/mol. The predicted molar refractivity (Wildman–Crippen MR) is 43.7 cm³/mol. The minimum atomic E-state index is -0.371. The number of carbonyl (C=O) groups is 1. The molecule has 0 aliphatic carbocycles. The minimum Gasteiger partial charge on any atom is -0.402 e. The van der Waals surface area contributed by atoms with Gasteiger partial charge in [-0.3, -0.25) is 5.10 Å². The van der Waals surface area contributed by atoms with E-state index < -0.39 is 0 Å². The summed E-state index contributed by atoms with van der Waals surface area (Å²) in [6.07, 6.45) is 3.28. The lowest BCUT2D eigenvalue weighted by Crippen LogP contribution is -2.08. The van der Waals surface area contributed by atoms with Gasteiger partial charge in [0.05, 0.1) is 0 Å². The summed E-state index contributed by atoms with van der Waals surface area (Å²) in [5.74, 6) is -0.0780. The van der Waals surface area contributed by atoms with Crippen LogP contribution in [-0.2, 0) is 4.79 Å². The molecule has 0 amide bonds. The summed E-state index contributed by atoms with van der Waals surface area (Å²) in [5, 5.41) is 6.22. The van der Waals surface area contributed by atoms with Gasteiger partial charge in [0.1, 0.15) is 0 Å². The van der Waals surface area contributed by atoms with Crippen molar-refractivity contribution in [2.24, 2.45) is 0 Å². The summed E-state index contributed by atoms with van der Waals surface area (Å²) < 4.78 is 4.86. The molecule has 0 fully saturated rings. The molecular weight excluding hydrogens is 156 g/mol. The number of hydrogen-bond acceptors (Lipinski definition) is 3. The normalized spacial score (nSPS) is 11.3. The number of ether oxygens (including phenoxy) is 1. The third-order valence-corrected chi connectivity index (χ3v) is 1.43. The number of aromatic amines is 1. The van der Waals surface area contributed by atoms with Crippen LogP contribution in [0, 0.1) is 0 Å². The topological polar surface area (TPSA) is 55.0 Å². The lowest BCUT2D eigenvalue weighted by molar-refractivity contribution is -0.130. The zero-order valence-corrected chi connectivity index (χ0v) is 7.00. The SMILES string of the molecule is CC=C(C)C(=O)Oc1cc[nH]n1. The Kier molecular flexibility index (Phi) is 2.63. The van der Waals surface area contributed by atoms with Crippen molar-refractivity contribution in [3.05, 3.63) is 23.9 Å². The number of hydrogen-bond donors (Lipinski definition) is 1. The summed E-state index contributed by atoms with van der Waals surface area (Å²) >= 11 is 0. The highest BCUT2D eigenvalue weighted by Crippen LogP contribution is 2.05. The Hall–Kier alpha value is -1.58. The Labute approximate surface area is 70.2 Å². The minimum absolute atomic E-state index is 0.293. The highest BCUT2D eigenvalue weighted by Gasteiger charge is 2.06. The van der Waals surface area contributed by atoms with Crippen molar-refractivity contribution in [1.29, 1.82) is 0 Å². The van der Waals surface area contributed by atoms with E-state index in [1.54, 1.807) is 32.2 Å². The standard InChI is InChI=1S/C8H10N2O2/c1-3-6(2)8(11)12-7-4-5-9-10-7/h3-5H,1-2H3,(H,9,10). The fourth-order valence-corrected chi connectivity index (χ4v) is 0.597. The molecule has 4 heteroatoms. The number of esters is 1. The van der Waals surface area contributed by atoms with Crippen molar-refractivity contribution in [3.8, 4) is 5.88 Å². The zero-order valence-electron chi connectivity index (χ0n) is 7.00. The van der Waals surface area contributed by atoms with Gasteiger partial charge in [0.2, 0.25) is 5.88 Å². The van der Waals surface area contributed by atoms with Gasteiger partial charge in [-0.15, -0.1) is 5.10 Å². The van der Waals surface area contributed by atoms with Gasteiger partial charge < -0.3 is 4.74 Å². The Morgan fingerprint density at radius 1 is 1.75 bits per heavy atom. The average Bonchev–Trinajstić information content (AvgIpc) is 2.55. The fourth-order valence-electron chi connectivity index (χ4n) is 0.597. The molecule has 12 heavy (non-hydrogen) atoms. The van der Waals surface area contributed by atoms with Crippen LogP contribution in [0.5, 0.6) is 5.88 Å². The summed E-state index contributed by atoms with van der Waals surface area (Å²) in [5.41, 5.74) is 0.568. The van der Waals surface area contributed by atoms with E-state index >= 15 is 0 Å². The number of H-pyrrole nitrogens is 1. The Morgan fingerprint density at radius 3 is 3.00 bits per heavy atom. The van der Waals surface area contributed by atoms with Crippen LogP contribution in [0.25, 0.3) is 0 Å². The maximum Gasteiger partial charge on any atom is 0.340 e. The van der Waals surface area contributed by atoms with Crippen LogP contribution in [0.15, 0.2) is 23.9 Å². The second-order valence-electron chi connectivity index (χ2n) is 2.27. The quantitative estimate of drug-likeness (QED) is 0.532. The van der Waals surface area contributed by atoms with Crippen LogP contribution in [0.1, 0.15) is 13.8 Å².